The molecule has 0 radical (unpaired) electrons. The van der Waals surface area contributed by atoms with Crippen molar-refractivity contribution >= 4 is 54.0 Å². The van der Waals surface area contributed by atoms with Crippen LogP contribution in [0.1, 0.15) is 0 Å². The van der Waals surface area contributed by atoms with Crippen molar-refractivity contribution in [3.05, 3.63) is 34.6 Å². The predicted molar refractivity (Wildman–Crippen MR) is 112 cm³/mol. The van der Waals surface area contributed by atoms with Crippen molar-refractivity contribution in [3.63, 3.8) is 0 Å². The van der Waals surface area contributed by atoms with E-state index in [9.17, 15) is 18.5 Å². The largest absolute Gasteiger partial charge is 0.378 e. The van der Waals surface area contributed by atoms with Gasteiger partial charge in [-0.05, 0) is 25.2 Å². The van der Waals surface area contributed by atoms with Crippen LogP contribution in [0, 0.1) is 10.1 Å². The average Bonchev–Trinajstić information content (AvgIpc) is 3.09. The van der Waals surface area contributed by atoms with Crippen LogP contribution in [-0.4, -0.2) is 70.7 Å². The number of nitrogen functional groups attached to an aromatic ring is 1. The summed E-state index contributed by atoms with van der Waals surface area (Å²) in [5.41, 5.74) is 5.68. The smallest absolute Gasteiger partial charge is 0.353 e. The minimum atomic E-state index is -3.61. The van der Waals surface area contributed by atoms with E-state index < -0.39 is 20.6 Å². The van der Waals surface area contributed by atoms with Crippen molar-refractivity contribution < 1.29 is 13.3 Å². The molecule has 14 heteroatoms. The van der Waals surface area contributed by atoms with Gasteiger partial charge in [-0.15, -0.1) is 0 Å². The third kappa shape index (κ3) is 3.77. The average molecular weight is 451 g/mol. The van der Waals surface area contributed by atoms with Gasteiger partial charge in [-0.3, -0.25) is 10.1 Å². The Balaban J connectivity index is 1.64. The van der Waals surface area contributed by atoms with Crippen LogP contribution in [0.15, 0.2) is 29.4 Å². The highest BCUT2D eigenvalue weighted by Crippen LogP contribution is 2.34. The van der Waals surface area contributed by atoms with Crippen molar-refractivity contribution in [2.45, 2.75) is 4.90 Å². The Kier molecular flexibility index (Phi) is 5.23. The second-order valence-corrected chi connectivity index (χ2v) is 9.66. The van der Waals surface area contributed by atoms with Crippen molar-refractivity contribution in [1.82, 2.24) is 24.2 Å². The number of nitro groups is 1. The molecule has 0 amide bonds. The van der Waals surface area contributed by atoms with Gasteiger partial charge in [-0.1, -0.05) is 11.3 Å². The van der Waals surface area contributed by atoms with Gasteiger partial charge in [0, 0.05) is 26.2 Å². The van der Waals surface area contributed by atoms with Gasteiger partial charge >= 0.3 is 5.69 Å². The summed E-state index contributed by atoms with van der Waals surface area (Å²) in [7, 11) is -1.66. The van der Waals surface area contributed by atoms with E-state index >= 15 is 0 Å². The quantitative estimate of drug-likeness (QED) is 0.427. The summed E-state index contributed by atoms with van der Waals surface area (Å²) in [6.07, 6.45) is 1.11. The van der Waals surface area contributed by atoms with E-state index in [1.165, 1.54) is 10.4 Å². The fourth-order valence-electron chi connectivity index (χ4n) is 3.06. The van der Waals surface area contributed by atoms with Crippen molar-refractivity contribution in [1.29, 1.82) is 0 Å². The molecule has 158 valence electrons. The van der Waals surface area contributed by atoms with Crippen LogP contribution in [-0.2, 0) is 10.0 Å². The summed E-state index contributed by atoms with van der Waals surface area (Å²) < 4.78 is 28.0. The van der Waals surface area contributed by atoms with Crippen molar-refractivity contribution in [2.24, 2.45) is 0 Å². The SMILES string of the molecule is CN1CCN(S(=O)(=O)c2ccc3nc(Nc4ncnc(N)c4[N+](=O)[O-])sc3c2)CC1. The minimum Gasteiger partial charge on any atom is -0.378 e. The molecule has 1 aromatic carbocycles. The van der Waals surface area contributed by atoms with E-state index in [4.69, 9.17) is 5.73 Å². The van der Waals surface area contributed by atoms with Gasteiger partial charge in [0.1, 0.15) is 6.33 Å². The molecule has 12 nitrogen and oxygen atoms in total. The number of hydrogen-bond donors (Lipinski definition) is 2. The Bertz CT molecular complexity index is 1220. The highest BCUT2D eigenvalue weighted by atomic mass is 32.2. The van der Waals surface area contributed by atoms with E-state index in [0.29, 0.717) is 41.5 Å². The summed E-state index contributed by atoms with van der Waals surface area (Å²) in [6, 6.07) is 4.70. The van der Waals surface area contributed by atoms with Crippen molar-refractivity contribution in [2.75, 3.05) is 44.3 Å². The summed E-state index contributed by atoms with van der Waals surface area (Å²) >= 11 is 1.16. The summed E-state index contributed by atoms with van der Waals surface area (Å²) in [4.78, 5) is 24.7. The molecule has 4 rings (SSSR count). The number of hydrogen-bond acceptors (Lipinski definition) is 11. The van der Waals surface area contributed by atoms with Gasteiger partial charge in [0.25, 0.3) is 0 Å². The van der Waals surface area contributed by atoms with Crippen LogP contribution >= 0.6 is 11.3 Å². The molecule has 0 saturated carbocycles. The first-order chi connectivity index (χ1) is 14.3. The molecule has 0 unspecified atom stereocenters. The first-order valence-electron chi connectivity index (χ1n) is 8.87. The molecule has 0 bridgehead atoms. The standard InChI is InChI=1S/C16H18N8O4S2/c1-22-4-6-23(7-5-22)30(27,28)10-2-3-11-12(8-10)29-16(20-11)21-15-13(24(25)26)14(17)18-9-19-15/h2-3,8-9H,4-7H2,1H3,(H3,17,18,19,20,21). The number of rotatable bonds is 5. The molecule has 1 fully saturated rings. The van der Waals surface area contributed by atoms with Gasteiger partial charge in [-0.25, -0.2) is 23.4 Å². The van der Waals surface area contributed by atoms with E-state index in [1.807, 2.05) is 7.05 Å². The number of benzene rings is 1. The fourth-order valence-corrected chi connectivity index (χ4v) is 5.49. The molecule has 1 aliphatic heterocycles. The number of sulfonamides is 1. The molecular formula is C16H18N8O4S2. The number of nitrogens with zero attached hydrogens (tertiary/aromatic N) is 6. The Morgan fingerprint density at radius 2 is 1.97 bits per heavy atom. The molecule has 1 aliphatic rings. The summed E-state index contributed by atoms with van der Waals surface area (Å²) in [5, 5.41) is 14.3. The van der Waals surface area contributed by atoms with Crippen LogP contribution in [0.25, 0.3) is 10.2 Å². The maximum Gasteiger partial charge on any atom is 0.353 e. The molecular weight excluding hydrogens is 432 g/mol. The highest BCUT2D eigenvalue weighted by molar-refractivity contribution is 7.89. The number of piperazine rings is 1. The second kappa shape index (κ2) is 7.71. The van der Waals surface area contributed by atoms with E-state index in [1.54, 1.807) is 12.1 Å². The molecule has 0 atom stereocenters. The Hall–Kier alpha value is -2.94. The Labute approximate surface area is 175 Å². The van der Waals surface area contributed by atoms with Crippen LogP contribution in [0.4, 0.5) is 22.5 Å². The lowest BCUT2D eigenvalue weighted by molar-refractivity contribution is -0.383. The van der Waals surface area contributed by atoms with Crippen LogP contribution < -0.4 is 11.1 Å². The molecule has 3 N–H and O–H groups in total. The van der Waals surface area contributed by atoms with Gasteiger partial charge in [0.05, 0.1) is 20.0 Å². The van der Waals surface area contributed by atoms with E-state index in [2.05, 4.69) is 25.2 Å². The van der Waals surface area contributed by atoms with Crippen LogP contribution in [0.3, 0.4) is 0 Å². The monoisotopic (exact) mass is 450 g/mol. The topological polar surface area (TPSA) is 160 Å². The molecule has 30 heavy (non-hydrogen) atoms. The summed E-state index contributed by atoms with van der Waals surface area (Å²) in [5.74, 6) is -0.351. The number of anilines is 3. The molecule has 0 spiro atoms. The molecule has 3 aromatic rings. The third-order valence-corrected chi connectivity index (χ3v) is 7.55. The maximum absolute atomic E-state index is 13.0. The number of thiazole rings is 1. The predicted octanol–water partition coefficient (Wildman–Crippen LogP) is 1.26. The second-order valence-electron chi connectivity index (χ2n) is 6.69. The van der Waals surface area contributed by atoms with Gasteiger partial charge in [-0.2, -0.15) is 4.31 Å². The zero-order valence-corrected chi connectivity index (χ0v) is 17.5. The first kappa shape index (κ1) is 20.3. The molecule has 2 aromatic heterocycles. The van der Waals surface area contributed by atoms with Gasteiger partial charge in [0.2, 0.25) is 21.7 Å². The Morgan fingerprint density at radius 1 is 1.23 bits per heavy atom. The maximum atomic E-state index is 13.0. The number of nitrogens with one attached hydrogen (secondary N) is 1. The lowest BCUT2D eigenvalue weighted by Gasteiger charge is -2.31. The fraction of sp³-hybridized carbons (Fsp3) is 0.312. The normalized spacial score (nSPS) is 16.0. The van der Waals surface area contributed by atoms with Crippen LogP contribution in [0.2, 0.25) is 0 Å². The molecule has 3 heterocycles. The number of likely N-dealkylation sites (N-methyl/N-ethyl adjacent to an activating group) is 1. The number of nitrogens with two attached hydrogens (primary N) is 1. The van der Waals surface area contributed by atoms with E-state index in [0.717, 1.165) is 17.7 Å². The third-order valence-electron chi connectivity index (χ3n) is 4.72. The molecule has 0 aliphatic carbocycles. The minimum absolute atomic E-state index is 0.0863. The lowest BCUT2D eigenvalue weighted by Crippen LogP contribution is -2.46. The lowest BCUT2D eigenvalue weighted by atomic mass is 10.3. The zero-order chi connectivity index (χ0) is 21.5. The van der Waals surface area contributed by atoms with Gasteiger partial charge < -0.3 is 16.0 Å². The first-order valence-corrected chi connectivity index (χ1v) is 11.1. The summed E-state index contributed by atoms with van der Waals surface area (Å²) in [6.45, 7) is 2.23. The molecule has 1 saturated heterocycles. The van der Waals surface area contributed by atoms with Crippen LogP contribution in [0.5, 0.6) is 0 Å². The Morgan fingerprint density at radius 3 is 2.67 bits per heavy atom. The zero-order valence-electron chi connectivity index (χ0n) is 15.8. The van der Waals surface area contributed by atoms with E-state index in [-0.39, 0.29) is 16.5 Å². The number of aromatic nitrogens is 3. The highest BCUT2D eigenvalue weighted by Gasteiger charge is 2.28. The van der Waals surface area contributed by atoms with Gasteiger partial charge in [0.15, 0.2) is 5.13 Å². The number of fused-ring (bicyclic) bond motifs is 1. The van der Waals surface area contributed by atoms with Crippen molar-refractivity contribution in [3.8, 4) is 0 Å².